The molecule has 0 bridgehead atoms. The van der Waals surface area contributed by atoms with Crippen molar-refractivity contribution < 1.29 is 19.5 Å². The number of carboxylic acids is 1. The zero-order chi connectivity index (χ0) is 16.0. The average molecular weight is 315 g/mol. The molecule has 0 atom stereocenters. The number of carboxylic acid groups (broad SMARTS) is 1. The first-order valence-electron chi connectivity index (χ1n) is 6.40. The number of rotatable bonds is 2. The van der Waals surface area contributed by atoms with Crippen LogP contribution in [0.25, 0.3) is 0 Å². The molecule has 0 aromatic heterocycles. The van der Waals surface area contributed by atoms with Crippen molar-refractivity contribution in [1.82, 2.24) is 0 Å². The van der Waals surface area contributed by atoms with Gasteiger partial charge in [0.25, 0.3) is 11.8 Å². The Labute approximate surface area is 130 Å². The predicted molar refractivity (Wildman–Crippen MR) is 78.1 cm³/mol. The number of aromatic carboxylic acids is 1. The highest BCUT2D eigenvalue weighted by molar-refractivity contribution is 6.36. The van der Waals surface area contributed by atoms with Crippen molar-refractivity contribution in [3.05, 3.63) is 63.7 Å². The summed E-state index contributed by atoms with van der Waals surface area (Å²) >= 11 is 5.93. The van der Waals surface area contributed by atoms with E-state index in [0.717, 1.165) is 11.0 Å². The van der Waals surface area contributed by atoms with E-state index in [4.69, 9.17) is 11.6 Å². The Balaban J connectivity index is 2.14. The van der Waals surface area contributed by atoms with Crippen molar-refractivity contribution in [1.29, 1.82) is 0 Å². The summed E-state index contributed by atoms with van der Waals surface area (Å²) in [6, 6.07) is 8.61. The van der Waals surface area contributed by atoms with Crippen LogP contribution in [0.3, 0.4) is 0 Å². The molecule has 5 nitrogen and oxygen atoms in total. The lowest BCUT2D eigenvalue weighted by atomic mass is 10.1. The van der Waals surface area contributed by atoms with E-state index in [-0.39, 0.29) is 16.7 Å². The number of fused-ring (bicyclic) bond motifs is 1. The van der Waals surface area contributed by atoms with Crippen molar-refractivity contribution in [2.24, 2.45) is 0 Å². The third-order valence-corrected chi connectivity index (χ3v) is 3.77. The van der Waals surface area contributed by atoms with Gasteiger partial charge in [-0.25, -0.2) is 4.90 Å². The molecule has 0 aliphatic carbocycles. The summed E-state index contributed by atoms with van der Waals surface area (Å²) in [5.74, 6) is -2.48. The standard InChI is InChI=1S/C16H10ClNO4/c1-8-2-4-10(17)7-13(8)18-14(19)11-5-3-9(16(21)22)6-12(11)15(18)20/h2-7H,1H3,(H,21,22)/p-1. The molecule has 3 rings (SSSR count). The van der Waals surface area contributed by atoms with Gasteiger partial charge in [0.15, 0.2) is 0 Å². The highest BCUT2D eigenvalue weighted by atomic mass is 35.5. The number of hydrogen-bond donors (Lipinski definition) is 0. The Morgan fingerprint density at radius 1 is 1.05 bits per heavy atom. The van der Waals surface area contributed by atoms with E-state index in [1.807, 2.05) is 0 Å². The minimum atomic E-state index is -1.40. The molecule has 6 heteroatoms. The maximum atomic E-state index is 12.5. The van der Waals surface area contributed by atoms with Crippen LogP contribution in [-0.2, 0) is 0 Å². The molecular weight excluding hydrogens is 306 g/mol. The number of nitrogens with zero attached hydrogens (tertiary/aromatic N) is 1. The lowest BCUT2D eigenvalue weighted by Crippen LogP contribution is -2.30. The summed E-state index contributed by atoms with van der Waals surface area (Å²) in [4.78, 5) is 36.9. The molecule has 0 saturated heterocycles. The largest absolute Gasteiger partial charge is 0.545 e. The third kappa shape index (κ3) is 2.07. The monoisotopic (exact) mass is 314 g/mol. The molecule has 0 N–H and O–H groups in total. The van der Waals surface area contributed by atoms with E-state index in [2.05, 4.69) is 0 Å². The van der Waals surface area contributed by atoms with Gasteiger partial charge in [-0.05, 0) is 42.3 Å². The van der Waals surface area contributed by atoms with Crippen LogP contribution in [0.4, 0.5) is 5.69 Å². The molecule has 1 aliphatic heterocycles. The summed E-state index contributed by atoms with van der Waals surface area (Å²) in [5, 5.41) is 11.3. The summed E-state index contributed by atoms with van der Waals surface area (Å²) in [7, 11) is 0. The van der Waals surface area contributed by atoms with Crippen molar-refractivity contribution >= 4 is 35.1 Å². The van der Waals surface area contributed by atoms with E-state index >= 15 is 0 Å². The van der Waals surface area contributed by atoms with Gasteiger partial charge < -0.3 is 9.90 Å². The number of hydrogen-bond acceptors (Lipinski definition) is 4. The fourth-order valence-corrected chi connectivity index (χ4v) is 2.58. The van der Waals surface area contributed by atoms with E-state index in [0.29, 0.717) is 16.3 Å². The quantitative estimate of drug-likeness (QED) is 0.792. The summed E-state index contributed by atoms with van der Waals surface area (Å²) in [5.41, 5.74) is 1.15. The second-order valence-corrected chi connectivity index (χ2v) is 5.36. The Kier molecular flexibility index (Phi) is 3.22. The fraction of sp³-hybridized carbons (Fsp3) is 0.0625. The summed E-state index contributed by atoms with van der Waals surface area (Å²) in [6.07, 6.45) is 0. The normalized spacial score (nSPS) is 13.5. The van der Waals surface area contributed by atoms with Gasteiger partial charge in [-0.15, -0.1) is 0 Å². The Morgan fingerprint density at radius 3 is 2.41 bits per heavy atom. The summed E-state index contributed by atoms with van der Waals surface area (Å²) in [6.45, 7) is 1.75. The number of carbonyl (C=O) groups is 3. The molecular formula is C16H9ClNO4-. The van der Waals surface area contributed by atoms with E-state index < -0.39 is 17.8 Å². The Morgan fingerprint density at radius 2 is 1.73 bits per heavy atom. The van der Waals surface area contributed by atoms with E-state index in [1.54, 1.807) is 19.1 Å². The van der Waals surface area contributed by atoms with Gasteiger partial charge in [0.1, 0.15) is 0 Å². The average Bonchev–Trinajstić information content (AvgIpc) is 2.73. The highest BCUT2D eigenvalue weighted by Gasteiger charge is 2.37. The van der Waals surface area contributed by atoms with Crippen LogP contribution in [0.2, 0.25) is 5.02 Å². The zero-order valence-electron chi connectivity index (χ0n) is 11.4. The number of carbonyl (C=O) groups excluding carboxylic acids is 3. The molecule has 0 saturated carbocycles. The van der Waals surface area contributed by atoms with Crippen LogP contribution >= 0.6 is 11.6 Å². The SMILES string of the molecule is Cc1ccc(Cl)cc1N1C(=O)c2ccc(C(=O)[O-])cc2C1=O. The smallest absolute Gasteiger partial charge is 0.266 e. The molecule has 22 heavy (non-hydrogen) atoms. The van der Waals surface area contributed by atoms with Gasteiger partial charge in [0, 0.05) is 5.02 Å². The molecule has 2 aromatic carbocycles. The number of aryl methyl sites for hydroxylation is 1. The van der Waals surface area contributed by atoms with Gasteiger partial charge >= 0.3 is 0 Å². The fourth-order valence-electron chi connectivity index (χ4n) is 2.41. The van der Waals surface area contributed by atoms with Gasteiger partial charge in [-0.2, -0.15) is 0 Å². The van der Waals surface area contributed by atoms with Crippen molar-refractivity contribution in [3.63, 3.8) is 0 Å². The van der Waals surface area contributed by atoms with E-state index in [1.165, 1.54) is 18.2 Å². The molecule has 0 spiro atoms. The Bertz CT molecular complexity index is 844. The minimum absolute atomic E-state index is 0.0473. The highest BCUT2D eigenvalue weighted by Crippen LogP contribution is 2.32. The molecule has 1 aliphatic rings. The van der Waals surface area contributed by atoms with Crippen molar-refractivity contribution in [2.75, 3.05) is 4.90 Å². The number of imide groups is 1. The topological polar surface area (TPSA) is 77.5 Å². The maximum Gasteiger partial charge on any atom is 0.266 e. The molecule has 1 heterocycles. The van der Waals surface area contributed by atoms with Gasteiger partial charge in [-0.3, -0.25) is 9.59 Å². The van der Waals surface area contributed by atoms with Gasteiger partial charge in [0.05, 0.1) is 22.8 Å². The number of benzene rings is 2. The minimum Gasteiger partial charge on any atom is -0.545 e. The summed E-state index contributed by atoms with van der Waals surface area (Å²) < 4.78 is 0. The molecule has 2 aromatic rings. The predicted octanol–water partition coefficient (Wildman–Crippen LogP) is 1.81. The third-order valence-electron chi connectivity index (χ3n) is 3.53. The first-order valence-corrected chi connectivity index (χ1v) is 6.78. The molecule has 110 valence electrons. The first-order chi connectivity index (χ1) is 10.4. The van der Waals surface area contributed by atoms with Crippen molar-refractivity contribution in [2.45, 2.75) is 6.92 Å². The number of halogens is 1. The van der Waals surface area contributed by atoms with Crippen LogP contribution in [-0.4, -0.2) is 17.8 Å². The first kappa shape index (κ1) is 14.3. The van der Waals surface area contributed by atoms with Gasteiger partial charge in [0.2, 0.25) is 0 Å². The van der Waals surface area contributed by atoms with Crippen LogP contribution in [0.5, 0.6) is 0 Å². The molecule has 0 unspecified atom stereocenters. The van der Waals surface area contributed by atoms with Crippen LogP contribution in [0, 0.1) is 6.92 Å². The lowest BCUT2D eigenvalue weighted by molar-refractivity contribution is -0.255. The molecule has 0 fully saturated rings. The number of amides is 2. The number of anilines is 1. The maximum absolute atomic E-state index is 12.5. The second-order valence-electron chi connectivity index (χ2n) is 4.92. The van der Waals surface area contributed by atoms with Crippen LogP contribution in [0.15, 0.2) is 36.4 Å². The van der Waals surface area contributed by atoms with Crippen LogP contribution < -0.4 is 10.0 Å². The lowest BCUT2D eigenvalue weighted by Gasteiger charge is -2.16. The van der Waals surface area contributed by atoms with Crippen molar-refractivity contribution in [3.8, 4) is 0 Å². The second kappa shape index (κ2) is 4.96. The van der Waals surface area contributed by atoms with Gasteiger partial charge in [-0.1, -0.05) is 23.7 Å². The van der Waals surface area contributed by atoms with Crippen LogP contribution in [0.1, 0.15) is 36.6 Å². The zero-order valence-corrected chi connectivity index (χ0v) is 12.2. The Hall–Kier alpha value is -2.66. The molecule has 2 amide bonds. The van der Waals surface area contributed by atoms with E-state index in [9.17, 15) is 19.5 Å². The molecule has 0 radical (unpaired) electrons.